The molecule has 0 bridgehead atoms. The first-order valence-electron chi connectivity index (χ1n) is 6.36. The van der Waals surface area contributed by atoms with Crippen molar-refractivity contribution in [3.05, 3.63) is 52.9 Å². The molecule has 0 atom stereocenters. The van der Waals surface area contributed by atoms with Gasteiger partial charge in [-0.3, -0.25) is 0 Å². The molecule has 2 aromatic rings. The highest BCUT2D eigenvalue weighted by atomic mass is 35.5. The number of aromatic nitrogens is 2. The summed E-state index contributed by atoms with van der Waals surface area (Å²) in [5, 5.41) is 2.63. The Kier molecular flexibility index (Phi) is 5.57. The Morgan fingerprint density at radius 1 is 1.36 bits per heavy atom. The number of nitrogen functional groups attached to an aromatic ring is 1. The number of hydrogen-bond acceptors (Lipinski definition) is 5. The van der Waals surface area contributed by atoms with Crippen LogP contribution < -0.4 is 11.1 Å². The van der Waals surface area contributed by atoms with E-state index >= 15 is 0 Å². The van der Waals surface area contributed by atoms with Gasteiger partial charge in [0.2, 0.25) is 0 Å². The number of halogens is 1. The highest BCUT2D eigenvalue weighted by molar-refractivity contribution is 6.30. The van der Waals surface area contributed by atoms with Crippen molar-refractivity contribution in [2.24, 2.45) is 0 Å². The van der Waals surface area contributed by atoms with Crippen molar-refractivity contribution in [2.45, 2.75) is 6.61 Å². The summed E-state index contributed by atoms with van der Waals surface area (Å²) in [6, 6.07) is 9.38. The van der Waals surface area contributed by atoms with Crippen molar-refractivity contribution in [3.63, 3.8) is 0 Å². The van der Waals surface area contributed by atoms with Gasteiger partial charge in [0.15, 0.2) is 10.8 Å². The average molecular weight is 317 g/mol. The van der Waals surface area contributed by atoms with Crippen molar-refractivity contribution in [3.8, 4) is 11.8 Å². The number of benzene rings is 1. The predicted molar refractivity (Wildman–Crippen MR) is 83.0 cm³/mol. The quantitative estimate of drug-likeness (QED) is 0.845. The Morgan fingerprint density at radius 3 is 2.86 bits per heavy atom. The third-order valence-corrected chi connectivity index (χ3v) is 2.75. The molecule has 1 heterocycles. The standard InChI is InChI=1S/C15H13ClN4O2/c16-14-12(19-9-13(17)20-14)7-4-8-18-15(21)22-10-11-5-2-1-3-6-11/h1-3,5-6,9H,8,10H2,(H2,17,20)(H,18,21). The minimum atomic E-state index is -0.548. The molecular weight excluding hydrogens is 304 g/mol. The number of nitrogens with two attached hydrogens (primary N) is 1. The molecule has 3 N–H and O–H groups in total. The maximum atomic E-state index is 11.5. The largest absolute Gasteiger partial charge is 0.445 e. The smallest absolute Gasteiger partial charge is 0.408 e. The van der Waals surface area contributed by atoms with Crippen LogP contribution in [0.2, 0.25) is 5.15 Å². The van der Waals surface area contributed by atoms with E-state index < -0.39 is 6.09 Å². The van der Waals surface area contributed by atoms with Crippen LogP contribution >= 0.6 is 11.6 Å². The van der Waals surface area contributed by atoms with Gasteiger partial charge in [-0.25, -0.2) is 14.8 Å². The molecule has 0 aliphatic carbocycles. The number of rotatable bonds is 3. The number of anilines is 1. The number of alkyl carbamates (subject to hydrolysis) is 1. The van der Waals surface area contributed by atoms with Crippen LogP contribution in [0.4, 0.5) is 10.6 Å². The lowest BCUT2D eigenvalue weighted by molar-refractivity contribution is 0.141. The van der Waals surface area contributed by atoms with Crippen molar-refractivity contribution in [1.29, 1.82) is 0 Å². The van der Waals surface area contributed by atoms with E-state index in [1.165, 1.54) is 6.20 Å². The van der Waals surface area contributed by atoms with Crippen molar-refractivity contribution < 1.29 is 9.53 Å². The second-order valence-electron chi connectivity index (χ2n) is 4.15. The molecule has 22 heavy (non-hydrogen) atoms. The zero-order chi connectivity index (χ0) is 15.8. The maximum absolute atomic E-state index is 11.5. The SMILES string of the molecule is Nc1cnc(C#CCNC(=O)OCc2ccccc2)c(Cl)n1. The molecule has 1 amide bonds. The van der Waals surface area contributed by atoms with Crippen LogP contribution in [0.3, 0.4) is 0 Å². The van der Waals surface area contributed by atoms with Crippen LogP contribution in [0.5, 0.6) is 0 Å². The normalized spacial score (nSPS) is 9.50. The van der Waals surface area contributed by atoms with E-state index in [0.717, 1.165) is 5.56 Å². The monoisotopic (exact) mass is 316 g/mol. The van der Waals surface area contributed by atoms with Crippen molar-refractivity contribution in [1.82, 2.24) is 15.3 Å². The molecule has 112 valence electrons. The first-order valence-corrected chi connectivity index (χ1v) is 6.74. The molecule has 0 spiro atoms. The van der Waals surface area contributed by atoms with Gasteiger partial charge in [0.05, 0.1) is 12.7 Å². The predicted octanol–water partition coefficient (Wildman–Crippen LogP) is 1.99. The summed E-state index contributed by atoms with van der Waals surface area (Å²) in [5.74, 6) is 5.61. The molecule has 0 aliphatic heterocycles. The molecule has 0 fully saturated rings. The molecule has 2 rings (SSSR count). The van der Waals surface area contributed by atoms with Crippen LogP contribution in [0, 0.1) is 11.8 Å². The molecule has 0 saturated carbocycles. The first kappa shape index (κ1) is 15.6. The number of ether oxygens (including phenoxy) is 1. The fourth-order valence-electron chi connectivity index (χ4n) is 1.48. The highest BCUT2D eigenvalue weighted by Crippen LogP contribution is 2.09. The molecule has 1 aromatic heterocycles. The number of amides is 1. The lowest BCUT2D eigenvalue weighted by Gasteiger charge is -2.04. The Morgan fingerprint density at radius 2 is 2.14 bits per heavy atom. The van der Waals surface area contributed by atoms with Gasteiger partial charge in [0.1, 0.15) is 12.4 Å². The zero-order valence-electron chi connectivity index (χ0n) is 11.5. The highest BCUT2D eigenvalue weighted by Gasteiger charge is 2.01. The number of nitrogens with zero attached hydrogens (tertiary/aromatic N) is 2. The minimum absolute atomic E-state index is 0.107. The summed E-state index contributed by atoms with van der Waals surface area (Å²) in [6.07, 6.45) is 0.810. The summed E-state index contributed by atoms with van der Waals surface area (Å²) in [4.78, 5) is 19.2. The Balaban J connectivity index is 1.76. The first-order chi connectivity index (χ1) is 10.6. The van der Waals surface area contributed by atoms with E-state index in [-0.39, 0.29) is 24.1 Å². The van der Waals surface area contributed by atoms with E-state index in [2.05, 4.69) is 27.1 Å². The summed E-state index contributed by atoms with van der Waals surface area (Å²) < 4.78 is 5.03. The van der Waals surface area contributed by atoms with Gasteiger partial charge in [-0.1, -0.05) is 47.9 Å². The van der Waals surface area contributed by atoms with E-state index in [9.17, 15) is 4.79 Å². The summed E-state index contributed by atoms with van der Waals surface area (Å²) in [5.41, 5.74) is 6.63. The van der Waals surface area contributed by atoms with Gasteiger partial charge >= 0.3 is 6.09 Å². The van der Waals surface area contributed by atoms with Crippen LogP contribution in [0.25, 0.3) is 0 Å². The van der Waals surface area contributed by atoms with Crippen LogP contribution in [-0.4, -0.2) is 22.6 Å². The molecule has 1 aromatic carbocycles. The molecule has 6 nitrogen and oxygen atoms in total. The summed E-state index contributed by atoms with van der Waals surface area (Å²) in [6.45, 7) is 0.311. The Labute approximate surface area is 132 Å². The second-order valence-corrected chi connectivity index (χ2v) is 4.51. The Bertz CT molecular complexity index is 710. The second kappa shape index (κ2) is 7.86. The van der Waals surface area contributed by atoms with Gasteiger partial charge < -0.3 is 15.8 Å². The topological polar surface area (TPSA) is 90.1 Å². The van der Waals surface area contributed by atoms with E-state index in [1.54, 1.807) is 0 Å². The third kappa shape index (κ3) is 4.96. The van der Waals surface area contributed by atoms with E-state index in [0.29, 0.717) is 5.69 Å². The fourth-order valence-corrected chi connectivity index (χ4v) is 1.68. The molecule has 0 aliphatic rings. The van der Waals surface area contributed by atoms with Gasteiger partial charge in [-0.15, -0.1) is 0 Å². The van der Waals surface area contributed by atoms with E-state index in [1.807, 2.05) is 30.3 Å². The fraction of sp³-hybridized carbons (Fsp3) is 0.133. The molecule has 0 radical (unpaired) electrons. The van der Waals surface area contributed by atoms with Gasteiger partial charge in [-0.05, 0) is 11.5 Å². The van der Waals surface area contributed by atoms with Crippen LogP contribution in [-0.2, 0) is 11.3 Å². The number of hydrogen-bond donors (Lipinski definition) is 2. The van der Waals surface area contributed by atoms with Gasteiger partial charge in [0, 0.05) is 0 Å². The zero-order valence-corrected chi connectivity index (χ0v) is 12.3. The maximum Gasteiger partial charge on any atom is 0.408 e. The van der Waals surface area contributed by atoms with Gasteiger partial charge in [-0.2, -0.15) is 0 Å². The average Bonchev–Trinajstić information content (AvgIpc) is 2.52. The van der Waals surface area contributed by atoms with Crippen molar-refractivity contribution >= 4 is 23.5 Å². The molecule has 7 heteroatoms. The summed E-state index contributed by atoms with van der Waals surface area (Å²) in [7, 11) is 0. The van der Waals surface area contributed by atoms with Crippen LogP contribution in [0.15, 0.2) is 36.5 Å². The number of nitrogens with one attached hydrogen (secondary N) is 1. The van der Waals surface area contributed by atoms with E-state index in [4.69, 9.17) is 22.1 Å². The molecule has 0 saturated heterocycles. The third-order valence-electron chi connectivity index (χ3n) is 2.49. The molecular formula is C15H13ClN4O2. The van der Waals surface area contributed by atoms with Crippen molar-refractivity contribution in [2.75, 3.05) is 12.3 Å². The lowest BCUT2D eigenvalue weighted by atomic mass is 10.2. The molecule has 0 unspecified atom stereocenters. The van der Waals surface area contributed by atoms with Crippen LogP contribution in [0.1, 0.15) is 11.3 Å². The van der Waals surface area contributed by atoms with Gasteiger partial charge in [0.25, 0.3) is 0 Å². The minimum Gasteiger partial charge on any atom is -0.445 e. The number of carbonyl (C=O) groups is 1. The Hall–Kier alpha value is -2.78. The summed E-state index contributed by atoms with van der Waals surface area (Å²) >= 11 is 5.82. The number of carbonyl (C=O) groups excluding carboxylic acids is 1. The lowest BCUT2D eigenvalue weighted by Crippen LogP contribution is -2.24.